The lowest BCUT2D eigenvalue weighted by atomic mass is 10.0. The molecule has 0 atom stereocenters. The average molecular weight is 434 g/mol. The molecule has 0 spiro atoms. The minimum atomic E-state index is -0.267. The number of carbonyl (C=O) groups excluding carboxylic acids is 1. The third-order valence-corrected chi connectivity index (χ3v) is 5.46. The van der Waals surface area contributed by atoms with E-state index in [9.17, 15) is 4.79 Å². The van der Waals surface area contributed by atoms with Gasteiger partial charge in [0.2, 0.25) is 0 Å². The van der Waals surface area contributed by atoms with Crippen LogP contribution < -0.4 is 5.43 Å². The summed E-state index contributed by atoms with van der Waals surface area (Å²) in [6, 6.07) is 27.8. The first-order valence-electron chi connectivity index (χ1n) is 11.1. The molecule has 1 aromatic heterocycles. The molecule has 0 aliphatic heterocycles. The maximum absolute atomic E-state index is 13.0. The number of fused-ring (bicyclic) bond motifs is 1. The number of benzene rings is 3. The third kappa shape index (κ3) is 5.42. The highest BCUT2D eigenvalue weighted by atomic mass is 16.2. The summed E-state index contributed by atoms with van der Waals surface area (Å²) in [5, 5.41) is 4.98. The van der Waals surface area contributed by atoms with Gasteiger partial charge in [-0.3, -0.25) is 4.79 Å². The number of carbonyl (C=O) groups is 1. The van der Waals surface area contributed by atoms with E-state index in [1.54, 1.807) is 6.21 Å². The molecule has 4 aromatic rings. The van der Waals surface area contributed by atoms with Crippen LogP contribution in [0.4, 0.5) is 0 Å². The molecule has 0 aliphatic carbocycles. The van der Waals surface area contributed by atoms with Gasteiger partial charge >= 0.3 is 0 Å². The Bertz CT molecular complexity index is 1320. The summed E-state index contributed by atoms with van der Waals surface area (Å²) in [6.07, 6.45) is 3.70. The first kappa shape index (κ1) is 22.2. The van der Waals surface area contributed by atoms with E-state index in [0.29, 0.717) is 11.5 Å². The molecule has 0 bridgehead atoms. The summed E-state index contributed by atoms with van der Waals surface area (Å²) in [6.45, 7) is 6.32. The number of rotatable bonds is 6. The van der Waals surface area contributed by atoms with Crippen molar-refractivity contribution >= 4 is 29.1 Å². The van der Waals surface area contributed by atoms with Crippen LogP contribution in [0.5, 0.6) is 0 Å². The van der Waals surface area contributed by atoms with Gasteiger partial charge in [0.25, 0.3) is 5.91 Å². The van der Waals surface area contributed by atoms with Crippen LogP contribution >= 0.6 is 0 Å². The first-order valence-corrected chi connectivity index (χ1v) is 11.1. The standard InChI is InChI=1S/C29H27N3O/c1-20(2)23-15-13-22(14-16-23)17-21(3)19-30-32-29(33)26-18-28(24-9-5-4-6-10-24)31-27-12-8-7-11-25(26)27/h4-20H,1-3H3,(H,32,33)/b21-17-,30-19?. The Hall–Kier alpha value is -4.05. The van der Waals surface area contributed by atoms with Crippen molar-refractivity contribution in [3.63, 3.8) is 0 Å². The highest BCUT2D eigenvalue weighted by Gasteiger charge is 2.13. The zero-order valence-corrected chi connectivity index (χ0v) is 19.1. The van der Waals surface area contributed by atoms with Gasteiger partial charge in [-0.1, -0.05) is 92.7 Å². The first-order chi connectivity index (χ1) is 16.0. The number of para-hydroxylation sites is 1. The number of hydrogen-bond acceptors (Lipinski definition) is 3. The average Bonchev–Trinajstić information content (AvgIpc) is 2.84. The number of hydrogen-bond donors (Lipinski definition) is 1. The van der Waals surface area contributed by atoms with Crippen LogP contribution in [0, 0.1) is 0 Å². The van der Waals surface area contributed by atoms with Crippen LogP contribution in [0.25, 0.3) is 28.2 Å². The SMILES string of the molecule is C/C(C=NNC(=O)c1cc(-c2ccccc2)nc2ccccc12)=C/c1ccc(C(C)C)cc1. The number of hydrazone groups is 1. The number of pyridine rings is 1. The topological polar surface area (TPSA) is 54.4 Å². The molecule has 33 heavy (non-hydrogen) atoms. The van der Waals surface area contributed by atoms with Gasteiger partial charge in [-0.25, -0.2) is 10.4 Å². The van der Waals surface area contributed by atoms with Crippen molar-refractivity contribution in [3.05, 3.63) is 107 Å². The Balaban J connectivity index is 1.54. The number of allylic oxidation sites excluding steroid dienone is 1. The van der Waals surface area contributed by atoms with E-state index in [-0.39, 0.29) is 5.91 Å². The molecule has 1 heterocycles. The highest BCUT2D eigenvalue weighted by molar-refractivity contribution is 6.07. The van der Waals surface area contributed by atoms with Crippen molar-refractivity contribution in [2.24, 2.45) is 5.10 Å². The Morgan fingerprint density at radius 1 is 0.939 bits per heavy atom. The van der Waals surface area contributed by atoms with E-state index in [1.165, 1.54) is 5.56 Å². The number of nitrogens with zero attached hydrogens (tertiary/aromatic N) is 2. The molecule has 0 radical (unpaired) electrons. The van der Waals surface area contributed by atoms with Gasteiger partial charge in [0.05, 0.1) is 23.0 Å². The molecule has 0 unspecified atom stereocenters. The van der Waals surface area contributed by atoms with Gasteiger partial charge in [0.15, 0.2) is 0 Å². The van der Waals surface area contributed by atoms with Crippen LogP contribution in [-0.2, 0) is 0 Å². The van der Waals surface area contributed by atoms with Crippen LogP contribution in [0.3, 0.4) is 0 Å². The molecule has 4 nitrogen and oxygen atoms in total. The summed E-state index contributed by atoms with van der Waals surface area (Å²) < 4.78 is 0. The molecule has 0 fully saturated rings. The lowest BCUT2D eigenvalue weighted by Gasteiger charge is -2.09. The summed E-state index contributed by atoms with van der Waals surface area (Å²) in [5.74, 6) is 0.240. The summed E-state index contributed by atoms with van der Waals surface area (Å²) in [5.41, 5.74) is 9.06. The zero-order chi connectivity index (χ0) is 23.2. The quantitative estimate of drug-likeness (QED) is 0.267. The van der Waals surface area contributed by atoms with E-state index in [2.05, 4.69) is 48.6 Å². The summed E-state index contributed by atoms with van der Waals surface area (Å²) in [4.78, 5) is 17.7. The van der Waals surface area contributed by atoms with E-state index < -0.39 is 0 Å². The van der Waals surface area contributed by atoms with E-state index in [1.807, 2.05) is 73.7 Å². The second kappa shape index (κ2) is 10.0. The van der Waals surface area contributed by atoms with E-state index in [4.69, 9.17) is 4.98 Å². The van der Waals surface area contributed by atoms with Crippen molar-refractivity contribution < 1.29 is 4.79 Å². The van der Waals surface area contributed by atoms with Crippen LogP contribution in [0.2, 0.25) is 0 Å². The molecule has 0 saturated heterocycles. The van der Waals surface area contributed by atoms with Gasteiger partial charge < -0.3 is 0 Å². The monoisotopic (exact) mass is 433 g/mol. The van der Waals surface area contributed by atoms with E-state index >= 15 is 0 Å². The lowest BCUT2D eigenvalue weighted by Crippen LogP contribution is -2.18. The number of aromatic nitrogens is 1. The fourth-order valence-corrected chi connectivity index (χ4v) is 3.65. The summed E-state index contributed by atoms with van der Waals surface area (Å²) >= 11 is 0. The zero-order valence-electron chi connectivity index (χ0n) is 19.1. The van der Waals surface area contributed by atoms with Gasteiger partial charge in [0.1, 0.15) is 0 Å². The van der Waals surface area contributed by atoms with Gasteiger partial charge in [-0.2, -0.15) is 5.10 Å². The predicted molar refractivity (Wildman–Crippen MR) is 137 cm³/mol. The number of amides is 1. The number of nitrogens with one attached hydrogen (secondary N) is 1. The van der Waals surface area contributed by atoms with Crippen LogP contribution in [0.15, 0.2) is 95.6 Å². The highest BCUT2D eigenvalue weighted by Crippen LogP contribution is 2.24. The van der Waals surface area contributed by atoms with Crippen molar-refractivity contribution in [2.45, 2.75) is 26.7 Å². The van der Waals surface area contributed by atoms with Crippen LogP contribution in [0.1, 0.15) is 48.2 Å². The Morgan fingerprint density at radius 3 is 2.36 bits per heavy atom. The van der Waals surface area contributed by atoms with Gasteiger partial charge in [0, 0.05) is 10.9 Å². The Labute approximate surface area is 194 Å². The molecule has 1 amide bonds. The van der Waals surface area contributed by atoms with Gasteiger partial charge in [-0.05, 0) is 41.7 Å². The van der Waals surface area contributed by atoms with Gasteiger partial charge in [-0.15, -0.1) is 0 Å². The van der Waals surface area contributed by atoms with Crippen molar-refractivity contribution in [2.75, 3.05) is 0 Å². The predicted octanol–water partition coefficient (Wildman–Crippen LogP) is 6.84. The summed E-state index contributed by atoms with van der Waals surface area (Å²) in [7, 11) is 0. The molecular weight excluding hydrogens is 406 g/mol. The van der Waals surface area contributed by atoms with Crippen molar-refractivity contribution in [1.29, 1.82) is 0 Å². The van der Waals surface area contributed by atoms with Crippen molar-refractivity contribution in [1.82, 2.24) is 10.4 Å². The second-order valence-corrected chi connectivity index (χ2v) is 8.35. The second-order valence-electron chi connectivity index (χ2n) is 8.35. The molecule has 4 rings (SSSR count). The fraction of sp³-hybridized carbons (Fsp3) is 0.138. The van der Waals surface area contributed by atoms with Crippen molar-refractivity contribution in [3.8, 4) is 11.3 Å². The smallest absolute Gasteiger partial charge is 0.267 e. The molecule has 4 heteroatoms. The molecule has 3 aromatic carbocycles. The molecular formula is C29H27N3O. The Kier molecular flexibility index (Phi) is 6.75. The molecule has 1 N–H and O–H groups in total. The molecule has 0 saturated carbocycles. The van der Waals surface area contributed by atoms with Crippen LogP contribution in [-0.4, -0.2) is 17.1 Å². The largest absolute Gasteiger partial charge is 0.272 e. The maximum atomic E-state index is 13.0. The lowest BCUT2D eigenvalue weighted by molar-refractivity contribution is 0.0956. The maximum Gasteiger partial charge on any atom is 0.272 e. The molecule has 0 aliphatic rings. The fourth-order valence-electron chi connectivity index (χ4n) is 3.65. The minimum absolute atomic E-state index is 0.267. The molecule has 164 valence electrons. The van der Waals surface area contributed by atoms with E-state index in [0.717, 1.165) is 33.3 Å². The normalized spacial score (nSPS) is 11.9. The third-order valence-electron chi connectivity index (χ3n) is 5.46. The Morgan fingerprint density at radius 2 is 1.64 bits per heavy atom. The minimum Gasteiger partial charge on any atom is -0.267 e.